The lowest BCUT2D eigenvalue weighted by atomic mass is 9.91. The summed E-state index contributed by atoms with van der Waals surface area (Å²) in [7, 11) is 0. The largest absolute Gasteiger partial charge is 0.351 e. The number of fused-ring (bicyclic) bond motifs is 1. The van der Waals surface area contributed by atoms with Crippen molar-refractivity contribution in [2.45, 2.75) is 44.3 Å². The minimum atomic E-state index is -0.384. The molecule has 3 aromatic rings. The monoisotopic (exact) mass is 537 g/mol. The van der Waals surface area contributed by atoms with Crippen LogP contribution >= 0.6 is 27.7 Å². The van der Waals surface area contributed by atoms with Gasteiger partial charge in [0.1, 0.15) is 0 Å². The van der Waals surface area contributed by atoms with Crippen molar-refractivity contribution in [3.63, 3.8) is 0 Å². The molecule has 34 heavy (non-hydrogen) atoms. The van der Waals surface area contributed by atoms with Gasteiger partial charge in [0.2, 0.25) is 5.95 Å². The summed E-state index contributed by atoms with van der Waals surface area (Å²) in [6.45, 7) is 0.864. The zero-order chi connectivity index (χ0) is 23.5. The first-order chi connectivity index (χ1) is 16.5. The summed E-state index contributed by atoms with van der Waals surface area (Å²) in [5.74, 6) is 0.161. The molecule has 1 saturated carbocycles. The zero-order valence-electron chi connectivity index (χ0n) is 18.4. The fourth-order valence-electron chi connectivity index (χ4n) is 4.34. The van der Waals surface area contributed by atoms with Gasteiger partial charge in [0.15, 0.2) is 0 Å². The van der Waals surface area contributed by atoms with Crippen molar-refractivity contribution in [1.82, 2.24) is 20.6 Å². The highest BCUT2D eigenvalue weighted by atomic mass is 79.9. The first-order valence-corrected chi connectivity index (χ1v) is 12.9. The molecule has 2 amide bonds. The van der Waals surface area contributed by atoms with Gasteiger partial charge in [0.05, 0.1) is 10.6 Å². The Hall–Kier alpha value is -2.75. The smallest absolute Gasteiger partial charge is 0.290 e. The number of amides is 2. The molecule has 1 aliphatic carbocycles. The molecule has 174 valence electrons. The molecule has 5 rings (SSSR count). The van der Waals surface area contributed by atoms with Crippen molar-refractivity contribution in [2.24, 2.45) is 0 Å². The van der Waals surface area contributed by atoms with Crippen LogP contribution in [-0.2, 0) is 11.3 Å². The average Bonchev–Trinajstić information content (AvgIpc) is 3.15. The van der Waals surface area contributed by atoms with E-state index >= 15 is 0 Å². The molecule has 2 aromatic carbocycles. The van der Waals surface area contributed by atoms with Crippen LogP contribution in [-0.4, -0.2) is 33.2 Å². The van der Waals surface area contributed by atoms with Crippen LogP contribution in [0.2, 0.25) is 0 Å². The van der Waals surface area contributed by atoms with E-state index in [0.717, 1.165) is 48.5 Å². The van der Waals surface area contributed by atoms with Crippen molar-refractivity contribution < 1.29 is 9.59 Å². The number of benzene rings is 2. The van der Waals surface area contributed by atoms with Gasteiger partial charge < -0.3 is 10.6 Å². The molecule has 2 fully saturated rings. The molecule has 0 bridgehead atoms. The molecule has 7 nitrogen and oxygen atoms in total. The lowest BCUT2D eigenvalue weighted by molar-refractivity contribution is -0.115. The lowest BCUT2D eigenvalue weighted by Gasteiger charge is -2.30. The second-order valence-corrected chi connectivity index (χ2v) is 10.5. The van der Waals surface area contributed by atoms with E-state index in [1.165, 1.54) is 16.3 Å². The van der Waals surface area contributed by atoms with Gasteiger partial charge in [-0.05, 0) is 84.1 Å². The van der Waals surface area contributed by atoms with Gasteiger partial charge >= 0.3 is 0 Å². The Kier molecular flexibility index (Phi) is 6.94. The van der Waals surface area contributed by atoms with E-state index in [0.29, 0.717) is 28.6 Å². The van der Waals surface area contributed by atoms with E-state index < -0.39 is 0 Å². The number of aromatic nitrogens is 2. The van der Waals surface area contributed by atoms with E-state index in [1.54, 1.807) is 18.3 Å². The standard InChI is InChI=1S/C25H24BrN5O2S/c26-18-4-3-16-11-15(1-2-17(16)12-18)14-28-19-5-7-20(8-6-19)29-24-27-10-9-21(30-24)13-22-23(32)31-25(33)34-22/h1-4,9-13,19-20,28H,5-8,14H2,(H,27,29,30)(H,31,32,33). The third-order valence-corrected chi connectivity index (χ3v) is 7.42. The number of thioether (sulfide) groups is 1. The number of imide groups is 1. The number of carbonyl (C=O) groups excluding carboxylic acids is 2. The summed E-state index contributed by atoms with van der Waals surface area (Å²) in [5.41, 5.74) is 1.90. The Bertz CT molecular complexity index is 1270. The maximum absolute atomic E-state index is 11.7. The van der Waals surface area contributed by atoms with E-state index in [2.05, 4.69) is 78.2 Å². The number of nitrogens with zero attached hydrogens (tertiary/aromatic N) is 2. The lowest BCUT2D eigenvalue weighted by Crippen LogP contribution is -2.36. The Labute approximate surface area is 210 Å². The molecule has 1 aromatic heterocycles. The second kappa shape index (κ2) is 10.2. The van der Waals surface area contributed by atoms with Crippen molar-refractivity contribution in [2.75, 3.05) is 5.32 Å². The van der Waals surface area contributed by atoms with Crippen LogP contribution in [0.15, 0.2) is 58.0 Å². The summed E-state index contributed by atoms with van der Waals surface area (Å²) in [5, 5.41) is 11.5. The Balaban J connectivity index is 1.12. The molecule has 1 aliphatic heterocycles. The molecule has 2 aliphatic rings. The maximum atomic E-state index is 11.7. The van der Waals surface area contributed by atoms with E-state index in [9.17, 15) is 9.59 Å². The number of halogens is 1. The van der Waals surface area contributed by atoms with Gasteiger partial charge in [-0.2, -0.15) is 0 Å². The quantitative estimate of drug-likeness (QED) is 0.370. The van der Waals surface area contributed by atoms with Crippen LogP contribution in [0.1, 0.15) is 36.9 Å². The van der Waals surface area contributed by atoms with Gasteiger partial charge in [-0.15, -0.1) is 0 Å². The highest BCUT2D eigenvalue weighted by Crippen LogP contribution is 2.26. The molecule has 1 saturated heterocycles. The van der Waals surface area contributed by atoms with Crippen LogP contribution < -0.4 is 16.0 Å². The predicted octanol–water partition coefficient (Wildman–Crippen LogP) is 5.23. The molecule has 0 radical (unpaired) electrons. The van der Waals surface area contributed by atoms with Crippen molar-refractivity contribution >= 4 is 61.6 Å². The van der Waals surface area contributed by atoms with Crippen molar-refractivity contribution in [3.05, 3.63) is 69.3 Å². The summed E-state index contributed by atoms with van der Waals surface area (Å²) < 4.78 is 1.10. The molecule has 3 N–H and O–H groups in total. The fraction of sp³-hybridized carbons (Fsp3) is 0.280. The first kappa shape index (κ1) is 23.0. The maximum Gasteiger partial charge on any atom is 0.290 e. The highest BCUT2D eigenvalue weighted by molar-refractivity contribution is 9.10. The zero-order valence-corrected chi connectivity index (χ0v) is 20.8. The molecule has 0 unspecified atom stereocenters. The minimum absolute atomic E-state index is 0.311. The van der Waals surface area contributed by atoms with Crippen LogP contribution in [0.5, 0.6) is 0 Å². The van der Waals surface area contributed by atoms with Gasteiger partial charge in [-0.25, -0.2) is 9.97 Å². The average molecular weight is 538 g/mol. The Morgan fingerprint density at radius 2 is 1.79 bits per heavy atom. The topological polar surface area (TPSA) is 96.0 Å². The summed E-state index contributed by atoms with van der Waals surface area (Å²) in [6.07, 6.45) is 7.51. The van der Waals surface area contributed by atoms with E-state index in [4.69, 9.17) is 0 Å². The molecule has 0 spiro atoms. The number of hydrogen-bond acceptors (Lipinski definition) is 7. The third kappa shape index (κ3) is 5.65. The molecular formula is C25H24BrN5O2S. The Morgan fingerprint density at radius 1 is 1.03 bits per heavy atom. The van der Waals surface area contributed by atoms with Crippen LogP contribution in [0.25, 0.3) is 16.8 Å². The number of hydrogen-bond donors (Lipinski definition) is 3. The second-order valence-electron chi connectivity index (χ2n) is 8.56. The molecule has 2 heterocycles. The van der Waals surface area contributed by atoms with Crippen LogP contribution in [0.4, 0.5) is 10.7 Å². The minimum Gasteiger partial charge on any atom is -0.351 e. The number of nitrogens with one attached hydrogen (secondary N) is 3. The van der Waals surface area contributed by atoms with Crippen LogP contribution in [0, 0.1) is 0 Å². The molecular weight excluding hydrogens is 514 g/mol. The predicted molar refractivity (Wildman–Crippen MR) is 139 cm³/mol. The third-order valence-electron chi connectivity index (χ3n) is 6.12. The van der Waals surface area contributed by atoms with E-state index in [-0.39, 0.29) is 11.1 Å². The summed E-state index contributed by atoms with van der Waals surface area (Å²) >= 11 is 4.42. The van der Waals surface area contributed by atoms with Crippen molar-refractivity contribution in [3.8, 4) is 0 Å². The normalized spacial score (nSPS) is 21.7. The number of carbonyl (C=O) groups is 2. The number of rotatable bonds is 6. The van der Waals surface area contributed by atoms with E-state index in [1.807, 2.05) is 0 Å². The number of anilines is 1. The van der Waals surface area contributed by atoms with Crippen LogP contribution in [0.3, 0.4) is 0 Å². The van der Waals surface area contributed by atoms with Gasteiger partial charge in [0.25, 0.3) is 11.1 Å². The van der Waals surface area contributed by atoms with Crippen molar-refractivity contribution in [1.29, 1.82) is 0 Å². The molecule has 9 heteroatoms. The summed E-state index contributed by atoms with van der Waals surface area (Å²) in [4.78, 5) is 32.3. The summed E-state index contributed by atoms with van der Waals surface area (Å²) in [6, 6.07) is 15.5. The highest BCUT2D eigenvalue weighted by Gasteiger charge is 2.25. The van der Waals surface area contributed by atoms with Gasteiger partial charge in [-0.1, -0.05) is 34.1 Å². The van der Waals surface area contributed by atoms with Gasteiger partial charge in [0, 0.05) is 29.3 Å². The SMILES string of the molecule is O=C1NC(=O)C(=Cc2ccnc(NC3CCC(NCc4ccc5cc(Br)ccc5c4)CC3)n2)S1. The first-order valence-electron chi connectivity index (χ1n) is 11.3. The molecule has 0 atom stereocenters. The Morgan fingerprint density at radius 3 is 2.59 bits per heavy atom. The van der Waals surface area contributed by atoms with Gasteiger partial charge in [-0.3, -0.25) is 14.9 Å². The fourth-order valence-corrected chi connectivity index (χ4v) is 5.39.